The molecule has 1 aromatic heterocycles. The van der Waals surface area contributed by atoms with Gasteiger partial charge >= 0.3 is 0 Å². The van der Waals surface area contributed by atoms with E-state index in [0.717, 1.165) is 5.69 Å². The monoisotopic (exact) mass is 329 g/mol. The first-order valence-electron chi connectivity index (χ1n) is 9.45. The molecule has 0 bridgehead atoms. The SMILES string of the molecule is BC(B)(c1cc(-c2ccccc2)ncc1C(B)(B)C(C)(C)C)C(C)C. The van der Waals surface area contributed by atoms with E-state index in [1.165, 1.54) is 16.7 Å². The van der Waals surface area contributed by atoms with Crippen molar-refractivity contribution in [2.75, 3.05) is 0 Å². The fourth-order valence-corrected chi connectivity index (χ4v) is 2.97. The molecule has 2 aromatic rings. The molecule has 0 fully saturated rings. The van der Waals surface area contributed by atoms with Gasteiger partial charge in [-0.2, -0.15) is 0 Å². The standard InChI is InChI=1S/C20H31B4N/c1-13(2)19(21,22)15-11-17(14-9-7-6-8-10-14)25-12-16(15)20(23,24)18(3,4)5/h6-13H,21-24H2,1-5H3. The minimum atomic E-state index is 0.0384. The summed E-state index contributed by atoms with van der Waals surface area (Å²) in [5, 5.41) is 0.126. The molecule has 0 saturated carbocycles. The number of nitrogens with zero attached hydrogens (tertiary/aromatic N) is 1. The van der Waals surface area contributed by atoms with E-state index in [0.29, 0.717) is 5.92 Å². The van der Waals surface area contributed by atoms with Gasteiger partial charge in [-0.25, -0.2) is 0 Å². The van der Waals surface area contributed by atoms with Gasteiger partial charge in [0.05, 0.1) is 5.69 Å². The molecular weight excluding hydrogens is 297 g/mol. The van der Waals surface area contributed by atoms with Crippen LogP contribution < -0.4 is 0 Å². The third-order valence-corrected chi connectivity index (χ3v) is 6.66. The molecule has 0 atom stereocenters. The number of pyridine rings is 1. The fraction of sp³-hybridized carbons (Fsp3) is 0.450. The maximum absolute atomic E-state index is 4.86. The first kappa shape index (κ1) is 19.9. The predicted molar refractivity (Wildman–Crippen MR) is 121 cm³/mol. The predicted octanol–water partition coefficient (Wildman–Crippen LogP) is 1.29. The smallest absolute Gasteiger partial charge is 0.105 e. The van der Waals surface area contributed by atoms with Crippen LogP contribution in [0.5, 0.6) is 0 Å². The van der Waals surface area contributed by atoms with Gasteiger partial charge in [0.1, 0.15) is 31.4 Å². The third-order valence-electron chi connectivity index (χ3n) is 6.66. The number of hydrogen-bond acceptors (Lipinski definition) is 1. The number of rotatable bonds is 4. The van der Waals surface area contributed by atoms with Gasteiger partial charge in [-0.05, 0) is 17.0 Å². The van der Waals surface area contributed by atoms with Crippen molar-refractivity contribution in [3.63, 3.8) is 0 Å². The van der Waals surface area contributed by atoms with Crippen LogP contribution in [0.2, 0.25) is 0 Å². The number of hydrogen-bond donors (Lipinski definition) is 0. The molecule has 128 valence electrons. The van der Waals surface area contributed by atoms with E-state index in [2.05, 4.69) is 109 Å². The van der Waals surface area contributed by atoms with E-state index < -0.39 is 0 Å². The van der Waals surface area contributed by atoms with Gasteiger partial charge in [-0.3, -0.25) is 4.98 Å². The molecule has 0 aliphatic heterocycles. The molecule has 0 amide bonds. The lowest BCUT2D eigenvalue weighted by molar-refractivity contribution is 0.354. The van der Waals surface area contributed by atoms with Gasteiger partial charge in [0.25, 0.3) is 0 Å². The van der Waals surface area contributed by atoms with Crippen molar-refractivity contribution in [3.8, 4) is 11.3 Å². The fourth-order valence-electron chi connectivity index (χ4n) is 2.97. The van der Waals surface area contributed by atoms with Crippen molar-refractivity contribution in [2.24, 2.45) is 11.3 Å². The van der Waals surface area contributed by atoms with Crippen LogP contribution in [0.25, 0.3) is 11.3 Å². The lowest BCUT2D eigenvalue weighted by Gasteiger charge is -2.44. The molecule has 0 radical (unpaired) electrons. The molecule has 1 aromatic carbocycles. The highest BCUT2D eigenvalue weighted by molar-refractivity contribution is 6.43. The Morgan fingerprint density at radius 2 is 1.44 bits per heavy atom. The molecule has 1 heterocycles. The molecule has 1 nitrogen and oxygen atoms in total. The van der Waals surface area contributed by atoms with E-state index in [-0.39, 0.29) is 15.8 Å². The second kappa shape index (κ2) is 6.74. The molecule has 0 N–H and O–H groups in total. The second-order valence-electron chi connectivity index (χ2n) is 9.73. The first-order chi connectivity index (χ1) is 11.4. The minimum absolute atomic E-state index is 0.0384. The highest BCUT2D eigenvalue weighted by Crippen LogP contribution is 2.42. The molecule has 2 rings (SSSR count). The van der Waals surface area contributed by atoms with Gasteiger partial charge in [-0.15, -0.1) is 0 Å². The normalized spacial score (nSPS) is 13.2. The summed E-state index contributed by atoms with van der Waals surface area (Å²) in [6.45, 7) is 11.6. The lowest BCUT2D eigenvalue weighted by Crippen LogP contribution is -2.45. The zero-order valence-corrected chi connectivity index (χ0v) is 17.6. The Kier molecular flexibility index (Phi) is 5.38. The van der Waals surface area contributed by atoms with Crippen LogP contribution in [0.1, 0.15) is 45.7 Å². The Bertz CT molecular complexity index is 731. The highest BCUT2D eigenvalue weighted by Gasteiger charge is 2.39. The average molecular weight is 329 g/mol. The van der Waals surface area contributed by atoms with Crippen molar-refractivity contribution >= 4 is 31.4 Å². The van der Waals surface area contributed by atoms with Gasteiger partial charge in [0.2, 0.25) is 0 Å². The van der Waals surface area contributed by atoms with Crippen molar-refractivity contribution in [1.82, 2.24) is 4.98 Å². The lowest BCUT2D eigenvalue weighted by atomic mass is 9.37. The summed E-state index contributed by atoms with van der Waals surface area (Å²) in [6.07, 6.45) is 2.13. The molecule has 0 saturated heterocycles. The average Bonchev–Trinajstić information content (AvgIpc) is 2.54. The van der Waals surface area contributed by atoms with E-state index >= 15 is 0 Å². The molecule has 5 heteroatoms. The third kappa shape index (κ3) is 3.76. The Morgan fingerprint density at radius 1 is 0.880 bits per heavy atom. The largest absolute Gasteiger partial charge is 0.256 e. The second-order valence-corrected chi connectivity index (χ2v) is 9.73. The Morgan fingerprint density at radius 3 is 1.92 bits per heavy atom. The van der Waals surface area contributed by atoms with E-state index in [4.69, 9.17) is 4.98 Å². The maximum atomic E-state index is 4.86. The van der Waals surface area contributed by atoms with Crippen molar-refractivity contribution in [2.45, 2.75) is 45.0 Å². The summed E-state index contributed by atoms with van der Waals surface area (Å²) in [7, 11) is 9.44. The number of aromatic nitrogens is 1. The van der Waals surface area contributed by atoms with Gasteiger partial charge in [-0.1, -0.05) is 86.9 Å². The zero-order valence-electron chi connectivity index (χ0n) is 17.6. The van der Waals surface area contributed by atoms with Gasteiger partial charge in [0, 0.05) is 11.8 Å². The summed E-state index contributed by atoms with van der Waals surface area (Å²) >= 11 is 0. The van der Waals surface area contributed by atoms with Crippen molar-refractivity contribution in [1.29, 1.82) is 0 Å². The molecule has 0 spiro atoms. The number of benzene rings is 1. The topological polar surface area (TPSA) is 12.9 Å². The Labute approximate surface area is 158 Å². The van der Waals surface area contributed by atoms with Crippen LogP contribution in [0.3, 0.4) is 0 Å². The van der Waals surface area contributed by atoms with Crippen LogP contribution in [0.4, 0.5) is 0 Å². The zero-order chi connectivity index (χ0) is 19.0. The summed E-state index contributed by atoms with van der Waals surface area (Å²) in [4.78, 5) is 4.86. The molecule has 0 aliphatic carbocycles. The Hall–Kier alpha value is -1.37. The highest BCUT2D eigenvalue weighted by atomic mass is 14.7. The van der Waals surface area contributed by atoms with Gasteiger partial charge in [0.15, 0.2) is 0 Å². The molecule has 0 unspecified atom stereocenters. The summed E-state index contributed by atoms with van der Waals surface area (Å²) in [5.41, 5.74) is 5.21. The van der Waals surface area contributed by atoms with Crippen LogP contribution in [-0.4, -0.2) is 36.4 Å². The quantitative estimate of drug-likeness (QED) is 0.771. The Balaban J connectivity index is 2.73. The van der Waals surface area contributed by atoms with Crippen molar-refractivity contribution < 1.29 is 0 Å². The first-order valence-corrected chi connectivity index (χ1v) is 9.45. The van der Waals surface area contributed by atoms with E-state index in [9.17, 15) is 0 Å². The van der Waals surface area contributed by atoms with Crippen LogP contribution in [0.15, 0.2) is 42.6 Å². The van der Waals surface area contributed by atoms with Crippen LogP contribution in [-0.2, 0) is 10.4 Å². The van der Waals surface area contributed by atoms with E-state index in [1.807, 2.05) is 0 Å². The van der Waals surface area contributed by atoms with Gasteiger partial charge < -0.3 is 0 Å². The summed E-state index contributed by atoms with van der Waals surface area (Å²) in [5.74, 6) is 0.549. The molecule has 0 aliphatic rings. The van der Waals surface area contributed by atoms with E-state index in [1.54, 1.807) is 0 Å². The van der Waals surface area contributed by atoms with Crippen molar-refractivity contribution in [3.05, 3.63) is 53.7 Å². The summed E-state index contributed by atoms with van der Waals surface area (Å²) in [6, 6.07) is 12.8. The van der Waals surface area contributed by atoms with Crippen LogP contribution in [0, 0.1) is 11.3 Å². The molecular formula is C20H31B4N. The summed E-state index contributed by atoms with van der Waals surface area (Å²) < 4.78 is 0. The minimum Gasteiger partial charge on any atom is -0.256 e. The maximum Gasteiger partial charge on any atom is 0.105 e. The van der Waals surface area contributed by atoms with Crippen LogP contribution >= 0.6 is 0 Å². The molecule has 25 heavy (non-hydrogen) atoms.